The van der Waals surface area contributed by atoms with Crippen LogP contribution in [-0.2, 0) is 11.3 Å². The van der Waals surface area contributed by atoms with E-state index in [4.69, 9.17) is 9.47 Å². The molecule has 0 bridgehead atoms. The zero-order chi connectivity index (χ0) is 16.8. The van der Waals surface area contributed by atoms with E-state index in [9.17, 15) is 0 Å². The summed E-state index contributed by atoms with van der Waals surface area (Å²) in [4.78, 5) is 6.80. The molecule has 6 nitrogen and oxygen atoms in total. The summed E-state index contributed by atoms with van der Waals surface area (Å²) < 4.78 is 13.6. The van der Waals surface area contributed by atoms with Crippen LogP contribution in [0.15, 0.2) is 30.3 Å². The molecule has 0 saturated carbocycles. The van der Waals surface area contributed by atoms with E-state index in [1.165, 1.54) is 0 Å². The quantitative estimate of drug-likeness (QED) is 0.728. The van der Waals surface area contributed by atoms with E-state index in [1.807, 2.05) is 48.9 Å². The summed E-state index contributed by atoms with van der Waals surface area (Å²) >= 11 is 0. The summed E-state index contributed by atoms with van der Waals surface area (Å²) in [5, 5.41) is 4.43. The number of nitrogens with zero attached hydrogens (tertiary/aromatic N) is 4. The fourth-order valence-electron chi connectivity index (χ4n) is 3.02. The second-order valence-corrected chi connectivity index (χ2v) is 6.20. The maximum atomic E-state index is 5.89. The Morgan fingerprint density at radius 2 is 2.08 bits per heavy atom. The minimum absolute atomic E-state index is 0.175. The van der Waals surface area contributed by atoms with Crippen molar-refractivity contribution < 1.29 is 9.47 Å². The summed E-state index contributed by atoms with van der Waals surface area (Å²) in [6.45, 7) is 9.14. The van der Waals surface area contributed by atoms with Crippen molar-refractivity contribution in [3.8, 4) is 5.75 Å². The average molecular weight is 330 g/mol. The Hall–Kier alpha value is -1.92. The molecule has 1 aliphatic rings. The smallest absolute Gasteiger partial charge is 0.147 e. The molecule has 2 heterocycles. The lowest BCUT2D eigenvalue weighted by molar-refractivity contribution is -0.0387. The summed E-state index contributed by atoms with van der Waals surface area (Å²) in [6, 6.07) is 9.98. The van der Waals surface area contributed by atoms with Crippen molar-refractivity contribution in [3.05, 3.63) is 42.0 Å². The normalized spacial score (nSPS) is 18.7. The highest BCUT2D eigenvalue weighted by atomic mass is 16.5. The minimum atomic E-state index is 0.175. The van der Waals surface area contributed by atoms with Crippen LogP contribution in [0.1, 0.15) is 18.1 Å². The number of hydrogen-bond acceptors (Lipinski definition) is 5. The second-order valence-electron chi connectivity index (χ2n) is 6.20. The third-order valence-electron chi connectivity index (χ3n) is 4.19. The standard InChI is InChI=1S/C18H26N4O2/c1-15-19-16(2)22(20-15)14-18-13-21(10-12-24-18)9-6-11-23-17-7-4-3-5-8-17/h3-5,7-8,18H,6,9-14H2,1-2H3/t18-/m0/s1. The number of aryl methyl sites for hydroxylation is 2. The van der Waals surface area contributed by atoms with E-state index in [2.05, 4.69) is 15.0 Å². The fourth-order valence-corrected chi connectivity index (χ4v) is 3.02. The fraction of sp³-hybridized carbons (Fsp3) is 0.556. The molecule has 6 heteroatoms. The maximum Gasteiger partial charge on any atom is 0.147 e. The molecule has 1 atom stereocenters. The van der Waals surface area contributed by atoms with Gasteiger partial charge in [0, 0.05) is 19.6 Å². The molecule has 0 unspecified atom stereocenters. The molecule has 0 spiro atoms. The SMILES string of the molecule is Cc1nc(C)n(C[C@@H]2CN(CCCOc3ccccc3)CCO2)n1. The van der Waals surface area contributed by atoms with Crippen molar-refractivity contribution in [1.29, 1.82) is 0 Å². The first-order valence-electron chi connectivity index (χ1n) is 8.60. The van der Waals surface area contributed by atoms with Crippen LogP contribution >= 0.6 is 0 Å². The van der Waals surface area contributed by atoms with Gasteiger partial charge in [-0.25, -0.2) is 9.67 Å². The van der Waals surface area contributed by atoms with E-state index in [0.29, 0.717) is 0 Å². The Morgan fingerprint density at radius 1 is 1.25 bits per heavy atom. The lowest BCUT2D eigenvalue weighted by atomic mass is 10.2. The number of hydrogen-bond donors (Lipinski definition) is 0. The number of rotatable bonds is 7. The van der Waals surface area contributed by atoms with Gasteiger partial charge in [0.15, 0.2) is 0 Å². The average Bonchev–Trinajstić information content (AvgIpc) is 2.90. The molecule has 0 N–H and O–H groups in total. The zero-order valence-corrected chi connectivity index (χ0v) is 14.5. The number of ether oxygens (including phenoxy) is 2. The Balaban J connectivity index is 1.40. The first kappa shape index (κ1) is 16.9. The zero-order valence-electron chi connectivity index (χ0n) is 14.5. The Kier molecular flexibility index (Phi) is 5.82. The van der Waals surface area contributed by atoms with E-state index in [1.54, 1.807) is 0 Å². The number of aromatic nitrogens is 3. The third kappa shape index (κ3) is 4.79. The van der Waals surface area contributed by atoms with Crippen LogP contribution in [0.2, 0.25) is 0 Å². The van der Waals surface area contributed by atoms with E-state index >= 15 is 0 Å². The number of para-hydroxylation sites is 1. The molecule has 1 aromatic carbocycles. The molecule has 2 aromatic rings. The predicted octanol–water partition coefficient (Wildman–Crippen LogP) is 2.06. The highest BCUT2D eigenvalue weighted by molar-refractivity contribution is 5.20. The van der Waals surface area contributed by atoms with Crippen LogP contribution in [0.4, 0.5) is 0 Å². The molecular formula is C18H26N4O2. The van der Waals surface area contributed by atoms with Gasteiger partial charge in [0.25, 0.3) is 0 Å². The van der Waals surface area contributed by atoms with Crippen LogP contribution in [0.3, 0.4) is 0 Å². The molecule has 24 heavy (non-hydrogen) atoms. The van der Waals surface area contributed by atoms with E-state index < -0.39 is 0 Å². The number of morpholine rings is 1. The highest BCUT2D eigenvalue weighted by Gasteiger charge is 2.21. The van der Waals surface area contributed by atoms with Gasteiger partial charge in [-0.05, 0) is 32.4 Å². The van der Waals surface area contributed by atoms with Crippen LogP contribution in [0.25, 0.3) is 0 Å². The molecule has 1 aromatic heterocycles. The van der Waals surface area contributed by atoms with Gasteiger partial charge in [0.05, 0.1) is 25.9 Å². The largest absolute Gasteiger partial charge is 0.494 e. The summed E-state index contributed by atoms with van der Waals surface area (Å²) in [6.07, 6.45) is 1.19. The Labute approximate surface area is 143 Å². The van der Waals surface area contributed by atoms with Gasteiger partial charge in [-0.3, -0.25) is 4.90 Å². The summed E-state index contributed by atoms with van der Waals surface area (Å²) in [7, 11) is 0. The highest BCUT2D eigenvalue weighted by Crippen LogP contribution is 2.11. The Morgan fingerprint density at radius 3 is 2.83 bits per heavy atom. The van der Waals surface area contributed by atoms with Crippen LogP contribution in [-0.4, -0.2) is 58.6 Å². The molecule has 0 aliphatic carbocycles. The monoisotopic (exact) mass is 330 g/mol. The third-order valence-corrected chi connectivity index (χ3v) is 4.19. The van der Waals surface area contributed by atoms with E-state index in [-0.39, 0.29) is 6.10 Å². The number of benzene rings is 1. The van der Waals surface area contributed by atoms with Crippen molar-refractivity contribution in [2.24, 2.45) is 0 Å². The molecule has 1 aliphatic heterocycles. The summed E-state index contributed by atoms with van der Waals surface area (Å²) in [5.41, 5.74) is 0. The van der Waals surface area contributed by atoms with Gasteiger partial charge in [-0.2, -0.15) is 5.10 Å². The van der Waals surface area contributed by atoms with Crippen LogP contribution in [0, 0.1) is 13.8 Å². The minimum Gasteiger partial charge on any atom is -0.494 e. The lowest BCUT2D eigenvalue weighted by Crippen LogP contribution is -2.45. The molecule has 130 valence electrons. The van der Waals surface area contributed by atoms with Gasteiger partial charge in [-0.15, -0.1) is 0 Å². The first-order valence-corrected chi connectivity index (χ1v) is 8.60. The Bertz CT molecular complexity index is 629. The second kappa shape index (κ2) is 8.26. The van der Waals surface area contributed by atoms with Gasteiger partial charge in [0.1, 0.15) is 17.4 Å². The van der Waals surface area contributed by atoms with Crippen LogP contribution in [0.5, 0.6) is 5.75 Å². The molecule has 0 radical (unpaired) electrons. The van der Waals surface area contributed by atoms with Gasteiger partial charge in [-0.1, -0.05) is 18.2 Å². The van der Waals surface area contributed by atoms with Gasteiger partial charge >= 0.3 is 0 Å². The topological polar surface area (TPSA) is 52.4 Å². The first-order chi connectivity index (χ1) is 11.7. The van der Waals surface area contributed by atoms with E-state index in [0.717, 1.165) is 63.2 Å². The predicted molar refractivity (Wildman–Crippen MR) is 92.2 cm³/mol. The van der Waals surface area contributed by atoms with Crippen molar-refractivity contribution >= 4 is 0 Å². The molecule has 1 saturated heterocycles. The van der Waals surface area contributed by atoms with Gasteiger partial charge < -0.3 is 9.47 Å². The maximum absolute atomic E-state index is 5.89. The molecule has 1 fully saturated rings. The van der Waals surface area contributed by atoms with Gasteiger partial charge in [0.2, 0.25) is 0 Å². The lowest BCUT2D eigenvalue weighted by Gasteiger charge is -2.32. The summed E-state index contributed by atoms with van der Waals surface area (Å²) in [5.74, 6) is 2.71. The molecule has 0 amide bonds. The van der Waals surface area contributed by atoms with Crippen LogP contribution < -0.4 is 4.74 Å². The van der Waals surface area contributed by atoms with Crippen molar-refractivity contribution in [1.82, 2.24) is 19.7 Å². The molecular weight excluding hydrogens is 304 g/mol. The van der Waals surface area contributed by atoms with Crippen molar-refractivity contribution in [2.75, 3.05) is 32.8 Å². The molecule has 3 rings (SSSR count). The van der Waals surface area contributed by atoms with Crippen molar-refractivity contribution in [2.45, 2.75) is 32.9 Å². The van der Waals surface area contributed by atoms with Crippen molar-refractivity contribution in [3.63, 3.8) is 0 Å².